The molecule has 0 aliphatic rings. The summed E-state index contributed by atoms with van der Waals surface area (Å²) in [6.45, 7) is 5.55. The van der Waals surface area contributed by atoms with Crippen molar-refractivity contribution in [2.24, 2.45) is 5.10 Å². The van der Waals surface area contributed by atoms with Crippen LogP contribution in [-0.4, -0.2) is 32.8 Å². The highest BCUT2D eigenvalue weighted by molar-refractivity contribution is 7.92. The van der Waals surface area contributed by atoms with Crippen LogP contribution in [-0.2, 0) is 14.8 Å². The summed E-state index contributed by atoms with van der Waals surface area (Å²) in [5.74, 6) is -0.173. The van der Waals surface area contributed by atoms with Gasteiger partial charge in [0.1, 0.15) is 6.54 Å². The highest BCUT2D eigenvalue weighted by atomic mass is 32.2. The third-order valence-electron chi connectivity index (χ3n) is 4.08. The summed E-state index contributed by atoms with van der Waals surface area (Å²) in [5, 5.41) is 4.06. The number of hydrogen-bond donors (Lipinski definition) is 1. The maximum Gasteiger partial charge on any atom is 0.260 e. The SMILES string of the molecule is C/C(=N/NC(=O)CN(c1ccc(C(C)C)cc1)S(C)(=O)=O)c1ccccc1. The lowest BCUT2D eigenvalue weighted by atomic mass is 10.0. The van der Waals surface area contributed by atoms with Crippen LogP contribution in [0.5, 0.6) is 0 Å². The first-order chi connectivity index (χ1) is 12.7. The number of hydrogen-bond acceptors (Lipinski definition) is 4. The third-order valence-corrected chi connectivity index (χ3v) is 5.22. The van der Waals surface area contributed by atoms with Gasteiger partial charge in [0, 0.05) is 0 Å². The summed E-state index contributed by atoms with van der Waals surface area (Å²) in [7, 11) is -3.61. The predicted octanol–water partition coefficient (Wildman–Crippen LogP) is 3.12. The number of carbonyl (C=O) groups excluding carboxylic acids is 1. The van der Waals surface area contributed by atoms with Crippen molar-refractivity contribution < 1.29 is 13.2 Å². The Bertz CT molecular complexity index is 905. The van der Waals surface area contributed by atoms with Gasteiger partial charge in [0.25, 0.3) is 5.91 Å². The van der Waals surface area contributed by atoms with Gasteiger partial charge in [0.05, 0.1) is 17.7 Å². The Balaban J connectivity index is 2.13. The van der Waals surface area contributed by atoms with E-state index in [0.29, 0.717) is 17.3 Å². The number of anilines is 1. The average molecular weight is 388 g/mol. The maximum atomic E-state index is 12.3. The van der Waals surface area contributed by atoms with Gasteiger partial charge in [-0.1, -0.05) is 56.3 Å². The molecule has 1 amide bonds. The fourth-order valence-corrected chi connectivity index (χ4v) is 3.34. The minimum atomic E-state index is -3.61. The molecule has 0 saturated heterocycles. The molecule has 0 aliphatic carbocycles. The summed E-state index contributed by atoms with van der Waals surface area (Å²) in [5.41, 5.74) is 5.48. The van der Waals surface area contributed by atoms with Gasteiger partial charge >= 0.3 is 0 Å². The monoisotopic (exact) mass is 387 g/mol. The number of hydrazone groups is 1. The van der Waals surface area contributed by atoms with E-state index in [1.165, 1.54) is 0 Å². The van der Waals surface area contributed by atoms with E-state index in [9.17, 15) is 13.2 Å². The van der Waals surface area contributed by atoms with Crippen molar-refractivity contribution in [2.75, 3.05) is 17.1 Å². The molecule has 0 fully saturated rings. The molecule has 2 aromatic carbocycles. The van der Waals surface area contributed by atoms with Gasteiger partial charge in [-0.15, -0.1) is 0 Å². The fourth-order valence-electron chi connectivity index (χ4n) is 2.48. The summed E-state index contributed by atoms with van der Waals surface area (Å²) in [6.07, 6.45) is 1.08. The Kier molecular flexibility index (Phi) is 6.74. The lowest BCUT2D eigenvalue weighted by Crippen LogP contribution is -2.39. The number of rotatable bonds is 7. The van der Waals surface area contributed by atoms with Crippen LogP contribution in [0.25, 0.3) is 0 Å². The number of carbonyl (C=O) groups is 1. The van der Waals surface area contributed by atoms with Crippen LogP contribution in [0.3, 0.4) is 0 Å². The van der Waals surface area contributed by atoms with E-state index >= 15 is 0 Å². The second-order valence-electron chi connectivity index (χ2n) is 6.61. The summed E-state index contributed by atoms with van der Waals surface area (Å²) < 4.78 is 25.4. The molecule has 2 rings (SSSR count). The minimum absolute atomic E-state index is 0.337. The highest BCUT2D eigenvalue weighted by Gasteiger charge is 2.21. The zero-order valence-electron chi connectivity index (χ0n) is 16.0. The first kappa shape index (κ1) is 20.6. The second kappa shape index (κ2) is 8.81. The normalized spacial score (nSPS) is 12.1. The topological polar surface area (TPSA) is 78.8 Å². The van der Waals surface area contributed by atoms with Crippen molar-refractivity contribution >= 4 is 27.3 Å². The Morgan fingerprint density at radius 3 is 2.19 bits per heavy atom. The van der Waals surface area contributed by atoms with Gasteiger partial charge < -0.3 is 0 Å². The summed E-state index contributed by atoms with van der Waals surface area (Å²) in [6, 6.07) is 16.6. The molecule has 0 aliphatic heterocycles. The van der Waals surface area contributed by atoms with Gasteiger partial charge in [-0.25, -0.2) is 13.8 Å². The molecule has 7 heteroatoms. The van der Waals surface area contributed by atoms with E-state index in [-0.39, 0.29) is 6.54 Å². The lowest BCUT2D eigenvalue weighted by molar-refractivity contribution is -0.119. The molecule has 0 saturated carbocycles. The van der Waals surface area contributed by atoms with E-state index in [4.69, 9.17) is 0 Å². The van der Waals surface area contributed by atoms with Crippen LogP contribution in [0.4, 0.5) is 5.69 Å². The van der Waals surface area contributed by atoms with Crippen LogP contribution < -0.4 is 9.73 Å². The third kappa shape index (κ3) is 5.92. The van der Waals surface area contributed by atoms with E-state index in [2.05, 4.69) is 24.4 Å². The Morgan fingerprint density at radius 1 is 1.07 bits per heavy atom. The maximum absolute atomic E-state index is 12.3. The molecule has 0 atom stereocenters. The van der Waals surface area contributed by atoms with Crippen molar-refractivity contribution in [3.05, 3.63) is 65.7 Å². The number of benzene rings is 2. The van der Waals surface area contributed by atoms with Crippen LogP contribution >= 0.6 is 0 Å². The molecule has 0 bridgehead atoms. The van der Waals surface area contributed by atoms with E-state index in [1.807, 2.05) is 42.5 Å². The van der Waals surface area contributed by atoms with Crippen LogP contribution in [0.2, 0.25) is 0 Å². The van der Waals surface area contributed by atoms with Crippen molar-refractivity contribution in [2.45, 2.75) is 26.7 Å². The van der Waals surface area contributed by atoms with Crippen molar-refractivity contribution in [1.29, 1.82) is 0 Å². The van der Waals surface area contributed by atoms with Crippen molar-refractivity contribution in [3.8, 4) is 0 Å². The van der Waals surface area contributed by atoms with Crippen molar-refractivity contribution in [3.63, 3.8) is 0 Å². The van der Waals surface area contributed by atoms with Crippen molar-refractivity contribution in [1.82, 2.24) is 5.43 Å². The Labute approximate surface area is 161 Å². The van der Waals surface area contributed by atoms with E-state index < -0.39 is 15.9 Å². The molecule has 0 spiro atoms. The summed E-state index contributed by atoms with van der Waals surface area (Å²) in [4.78, 5) is 12.3. The van der Waals surface area contributed by atoms with Gasteiger partial charge in [-0.05, 0) is 36.1 Å². The van der Waals surface area contributed by atoms with Crippen LogP contribution in [0.15, 0.2) is 59.7 Å². The Hall–Kier alpha value is -2.67. The zero-order chi connectivity index (χ0) is 20.0. The number of nitrogens with one attached hydrogen (secondary N) is 1. The average Bonchev–Trinajstić information content (AvgIpc) is 2.64. The second-order valence-corrected chi connectivity index (χ2v) is 8.52. The zero-order valence-corrected chi connectivity index (χ0v) is 16.8. The van der Waals surface area contributed by atoms with Crippen LogP contribution in [0.1, 0.15) is 37.8 Å². The molecule has 6 nitrogen and oxygen atoms in total. The molecule has 0 aromatic heterocycles. The largest absolute Gasteiger partial charge is 0.271 e. The molecular formula is C20H25N3O3S. The van der Waals surface area contributed by atoms with Gasteiger partial charge in [-0.3, -0.25) is 9.10 Å². The van der Waals surface area contributed by atoms with Gasteiger partial charge in [0.15, 0.2) is 0 Å². The van der Waals surface area contributed by atoms with Gasteiger partial charge in [0.2, 0.25) is 10.0 Å². The van der Waals surface area contributed by atoms with Crippen LogP contribution in [0, 0.1) is 0 Å². The molecular weight excluding hydrogens is 362 g/mol. The molecule has 0 unspecified atom stereocenters. The fraction of sp³-hybridized carbons (Fsp3) is 0.300. The Morgan fingerprint density at radius 2 is 1.67 bits per heavy atom. The first-order valence-corrected chi connectivity index (χ1v) is 10.5. The molecule has 27 heavy (non-hydrogen) atoms. The van der Waals surface area contributed by atoms with Gasteiger partial charge in [-0.2, -0.15) is 5.10 Å². The van der Waals surface area contributed by atoms with E-state index in [1.54, 1.807) is 19.1 Å². The number of nitrogens with zero attached hydrogens (tertiary/aromatic N) is 2. The number of sulfonamides is 1. The quantitative estimate of drug-likeness (QED) is 0.586. The predicted molar refractivity (Wildman–Crippen MR) is 110 cm³/mol. The smallest absolute Gasteiger partial charge is 0.260 e. The first-order valence-electron chi connectivity index (χ1n) is 8.64. The minimum Gasteiger partial charge on any atom is -0.271 e. The molecule has 0 radical (unpaired) electrons. The standard InChI is InChI=1S/C20H25N3O3S/c1-15(2)17-10-12-19(13-11-17)23(27(4,25)26)14-20(24)22-21-16(3)18-8-6-5-7-9-18/h5-13,15H,14H2,1-4H3,(H,22,24)/b21-16-. The summed E-state index contributed by atoms with van der Waals surface area (Å²) >= 11 is 0. The molecule has 2 aromatic rings. The molecule has 1 N–H and O–H groups in total. The highest BCUT2D eigenvalue weighted by Crippen LogP contribution is 2.21. The van der Waals surface area contributed by atoms with E-state index in [0.717, 1.165) is 21.7 Å². The molecule has 0 heterocycles. The number of amides is 1. The molecule has 144 valence electrons. The lowest BCUT2D eigenvalue weighted by Gasteiger charge is -2.22.